The summed E-state index contributed by atoms with van der Waals surface area (Å²) in [4.78, 5) is 28.8. The summed E-state index contributed by atoms with van der Waals surface area (Å²) in [5, 5.41) is 10.1. The molecule has 150 valence electrons. The molecule has 0 aliphatic carbocycles. The van der Waals surface area contributed by atoms with Gasteiger partial charge in [-0.2, -0.15) is 0 Å². The fourth-order valence-corrected chi connectivity index (χ4v) is 4.36. The van der Waals surface area contributed by atoms with E-state index in [1.54, 1.807) is 12.1 Å². The van der Waals surface area contributed by atoms with Gasteiger partial charge in [0.15, 0.2) is 9.35 Å². The van der Waals surface area contributed by atoms with Gasteiger partial charge in [-0.1, -0.05) is 65.6 Å². The van der Waals surface area contributed by atoms with E-state index in [0.717, 1.165) is 22.2 Å². The van der Waals surface area contributed by atoms with Gasteiger partial charge in [-0.15, -0.1) is 10.2 Å². The molecule has 0 unspecified atom stereocenters. The van der Waals surface area contributed by atoms with Crippen molar-refractivity contribution in [2.75, 3.05) is 5.75 Å². The van der Waals surface area contributed by atoms with E-state index in [-0.39, 0.29) is 17.6 Å². The van der Waals surface area contributed by atoms with Gasteiger partial charge in [-0.3, -0.25) is 20.4 Å². The maximum Gasteiger partial charge on any atom is 0.269 e. The molecule has 2 heterocycles. The molecular weight excluding hydrogens is 418 g/mol. The number of hydrazine groups is 1. The van der Waals surface area contributed by atoms with Crippen molar-refractivity contribution in [3.05, 3.63) is 71.8 Å². The molecule has 4 rings (SSSR count). The van der Waals surface area contributed by atoms with E-state index in [9.17, 15) is 9.59 Å². The normalized spacial score (nSPS) is 10.7. The number of aryl methyl sites for hydroxylation is 1. The second-order valence-electron chi connectivity index (χ2n) is 6.37. The number of amides is 2. The number of nitrogens with zero attached hydrogens (tertiary/aromatic N) is 3. The number of nitrogens with one attached hydrogen (secondary N) is 2. The molecule has 2 aromatic heterocycles. The summed E-state index contributed by atoms with van der Waals surface area (Å²) in [5.41, 5.74) is 7.84. The van der Waals surface area contributed by atoms with Crippen LogP contribution in [-0.4, -0.2) is 32.7 Å². The second kappa shape index (κ2) is 9.02. The van der Waals surface area contributed by atoms with Crippen LogP contribution in [0.25, 0.3) is 21.6 Å². The zero-order valence-corrected chi connectivity index (χ0v) is 17.6. The number of carbonyl (C=O) groups is 2. The van der Waals surface area contributed by atoms with Crippen molar-refractivity contribution in [3.8, 4) is 10.7 Å². The van der Waals surface area contributed by atoms with Gasteiger partial charge >= 0.3 is 0 Å². The Kier molecular flexibility index (Phi) is 6.01. The number of pyridine rings is 1. The summed E-state index contributed by atoms with van der Waals surface area (Å²) < 4.78 is 0.653. The zero-order chi connectivity index (χ0) is 20.9. The van der Waals surface area contributed by atoms with Crippen molar-refractivity contribution in [2.45, 2.75) is 11.3 Å². The second-order valence-corrected chi connectivity index (χ2v) is 8.57. The highest BCUT2D eigenvalue weighted by Gasteiger charge is 2.13. The van der Waals surface area contributed by atoms with Crippen LogP contribution < -0.4 is 10.9 Å². The lowest BCUT2D eigenvalue weighted by Gasteiger charge is -2.08. The molecule has 0 spiro atoms. The Hall–Kier alpha value is -3.30. The summed E-state index contributed by atoms with van der Waals surface area (Å²) in [7, 11) is 0. The number of para-hydroxylation sites is 1. The highest BCUT2D eigenvalue weighted by molar-refractivity contribution is 8.01. The third-order valence-electron chi connectivity index (χ3n) is 4.26. The number of fused-ring (bicyclic) bond motifs is 1. The first-order valence-electron chi connectivity index (χ1n) is 9.07. The van der Waals surface area contributed by atoms with Crippen molar-refractivity contribution in [1.82, 2.24) is 26.0 Å². The van der Waals surface area contributed by atoms with E-state index in [0.29, 0.717) is 14.9 Å². The smallest absolute Gasteiger partial charge is 0.269 e. The van der Waals surface area contributed by atoms with Crippen molar-refractivity contribution in [3.63, 3.8) is 0 Å². The van der Waals surface area contributed by atoms with Crippen LogP contribution in [0.4, 0.5) is 0 Å². The minimum atomic E-state index is -0.355. The first-order valence-corrected chi connectivity index (χ1v) is 10.9. The summed E-state index contributed by atoms with van der Waals surface area (Å²) in [6.07, 6.45) is 0. The Morgan fingerprint density at radius 3 is 2.63 bits per heavy atom. The molecule has 0 radical (unpaired) electrons. The van der Waals surface area contributed by atoms with Crippen molar-refractivity contribution in [2.24, 2.45) is 0 Å². The number of aromatic nitrogens is 3. The molecule has 7 nitrogen and oxygen atoms in total. The van der Waals surface area contributed by atoms with E-state index >= 15 is 0 Å². The van der Waals surface area contributed by atoms with Gasteiger partial charge in [0, 0.05) is 10.9 Å². The molecule has 2 aromatic carbocycles. The molecule has 4 aromatic rings. The molecule has 0 aliphatic rings. The molecule has 0 saturated heterocycles. The van der Waals surface area contributed by atoms with Crippen LogP contribution in [0.2, 0.25) is 0 Å². The van der Waals surface area contributed by atoms with Crippen LogP contribution in [0.1, 0.15) is 15.9 Å². The van der Waals surface area contributed by atoms with Gasteiger partial charge in [0.25, 0.3) is 5.91 Å². The van der Waals surface area contributed by atoms with Crippen molar-refractivity contribution in [1.29, 1.82) is 0 Å². The quantitative estimate of drug-likeness (QED) is 0.367. The Balaban J connectivity index is 1.32. The van der Waals surface area contributed by atoms with Crippen molar-refractivity contribution < 1.29 is 9.59 Å². The maximum atomic E-state index is 12.1. The fourth-order valence-electron chi connectivity index (χ4n) is 2.74. The van der Waals surface area contributed by atoms with Gasteiger partial charge in [0.05, 0.1) is 11.3 Å². The first-order chi connectivity index (χ1) is 14.6. The average Bonchev–Trinajstić information content (AvgIpc) is 3.25. The lowest BCUT2D eigenvalue weighted by Crippen LogP contribution is -2.42. The van der Waals surface area contributed by atoms with Crippen LogP contribution in [-0.2, 0) is 4.79 Å². The Morgan fingerprint density at radius 1 is 0.967 bits per heavy atom. The Labute approximate surface area is 180 Å². The molecule has 0 bridgehead atoms. The zero-order valence-electron chi connectivity index (χ0n) is 16.0. The van der Waals surface area contributed by atoms with Crippen LogP contribution >= 0.6 is 23.1 Å². The molecule has 30 heavy (non-hydrogen) atoms. The summed E-state index contributed by atoms with van der Waals surface area (Å²) in [5.74, 6) is -0.581. The molecule has 0 saturated carbocycles. The summed E-state index contributed by atoms with van der Waals surface area (Å²) >= 11 is 2.62. The Morgan fingerprint density at radius 2 is 1.77 bits per heavy atom. The van der Waals surface area contributed by atoms with E-state index in [1.165, 1.54) is 23.1 Å². The predicted molar refractivity (Wildman–Crippen MR) is 118 cm³/mol. The van der Waals surface area contributed by atoms with Crippen molar-refractivity contribution >= 4 is 45.8 Å². The molecular formula is C21H17N5O2S2. The van der Waals surface area contributed by atoms with Crippen LogP contribution in [0.3, 0.4) is 0 Å². The van der Waals surface area contributed by atoms with Gasteiger partial charge in [0.1, 0.15) is 5.69 Å². The van der Waals surface area contributed by atoms with Crippen LogP contribution in [0, 0.1) is 6.92 Å². The highest BCUT2D eigenvalue weighted by Crippen LogP contribution is 2.29. The number of carbonyl (C=O) groups excluding carboxylic acids is 2. The third-order valence-corrected chi connectivity index (χ3v) is 6.33. The molecule has 2 amide bonds. The largest absolute Gasteiger partial charge is 0.272 e. The SMILES string of the molecule is Cc1ccccc1C(=O)NNC(=O)CSc1nnc(-c2ccc3ccccc3n2)s1. The lowest BCUT2D eigenvalue weighted by atomic mass is 10.1. The highest BCUT2D eigenvalue weighted by atomic mass is 32.2. The number of benzene rings is 2. The van der Waals surface area contributed by atoms with E-state index in [4.69, 9.17) is 0 Å². The number of rotatable bonds is 5. The van der Waals surface area contributed by atoms with Gasteiger partial charge in [-0.25, -0.2) is 4.98 Å². The maximum absolute atomic E-state index is 12.1. The van der Waals surface area contributed by atoms with Gasteiger partial charge in [-0.05, 0) is 30.7 Å². The summed E-state index contributed by atoms with van der Waals surface area (Å²) in [6, 6.07) is 18.9. The number of hydrogen-bond donors (Lipinski definition) is 2. The van der Waals surface area contributed by atoms with Gasteiger partial charge < -0.3 is 0 Å². The topological polar surface area (TPSA) is 96.9 Å². The monoisotopic (exact) mass is 435 g/mol. The molecule has 2 N–H and O–H groups in total. The molecule has 0 aliphatic heterocycles. The molecule has 0 atom stereocenters. The Bertz CT molecular complexity index is 1220. The predicted octanol–water partition coefficient (Wildman–Crippen LogP) is 3.62. The molecule has 0 fully saturated rings. The van der Waals surface area contributed by atoms with E-state index in [1.807, 2.05) is 55.5 Å². The van der Waals surface area contributed by atoms with Gasteiger partial charge in [0.2, 0.25) is 5.91 Å². The molecule has 9 heteroatoms. The minimum absolute atomic E-state index is 0.105. The number of thioether (sulfide) groups is 1. The average molecular weight is 436 g/mol. The third kappa shape index (κ3) is 4.64. The van der Waals surface area contributed by atoms with Crippen LogP contribution in [0.15, 0.2) is 65.0 Å². The minimum Gasteiger partial charge on any atom is -0.272 e. The van der Waals surface area contributed by atoms with E-state index < -0.39 is 0 Å². The van der Waals surface area contributed by atoms with E-state index in [2.05, 4.69) is 26.0 Å². The fraction of sp³-hybridized carbons (Fsp3) is 0.0952. The first kappa shape index (κ1) is 20.0. The summed E-state index contributed by atoms with van der Waals surface area (Å²) in [6.45, 7) is 1.84. The van der Waals surface area contributed by atoms with Crippen LogP contribution in [0.5, 0.6) is 0 Å². The number of hydrogen-bond acceptors (Lipinski definition) is 7. The standard InChI is InChI=1S/C21H17N5O2S2/c1-13-6-2-4-8-15(13)19(28)24-23-18(27)12-29-21-26-25-20(30-21)17-11-10-14-7-3-5-9-16(14)22-17/h2-11H,12H2,1H3,(H,23,27)(H,24,28). The lowest BCUT2D eigenvalue weighted by molar-refractivity contribution is -0.119.